The monoisotopic (exact) mass is 375 g/mol. The van der Waals surface area contributed by atoms with Gasteiger partial charge in [0, 0.05) is 21.5 Å². The highest BCUT2D eigenvalue weighted by molar-refractivity contribution is 9.10. The van der Waals surface area contributed by atoms with E-state index in [4.69, 9.17) is 5.41 Å². The molecule has 0 radical (unpaired) electrons. The Labute approximate surface area is 141 Å². The van der Waals surface area contributed by atoms with E-state index in [-0.39, 0.29) is 11.9 Å². The van der Waals surface area contributed by atoms with E-state index in [1.807, 2.05) is 29.7 Å². The van der Waals surface area contributed by atoms with Gasteiger partial charge in [-0.1, -0.05) is 39.8 Å². The number of hydrogen-bond donors (Lipinski definition) is 2. The molecule has 2 N–H and O–H groups in total. The Balaban J connectivity index is 1.57. The van der Waals surface area contributed by atoms with E-state index in [2.05, 4.69) is 21.2 Å². The molecule has 22 heavy (non-hydrogen) atoms. The van der Waals surface area contributed by atoms with Crippen LogP contribution in [0.25, 0.3) is 5.70 Å². The Hall–Kier alpha value is -1.53. The minimum Gasteiger partial charge on any atom is -0.349 e. The van der Waals surface area contributed by atoms with Gasteiger partial charge in [-0.15, -0.1) is 0 Å². The molecule has 0 atom stereocenters. The standard InChI is InChI=1S/C16H14BrN3OS/c17-10-3-1-9(2-4-10)13-8-22-16(19-13)12-7-14(21)20(15(12)18)11-5-6-11/h1-4,8,11,18-19H,5-7H2. The molecule has 0 spiro atoms. The van der Waals surface area contributed by atoms with E-state index in [1.165, 1.54) is 0 Å². The van der Waals surface area contributed by atoms with Gasteiger partial charge in [-0.2, -0.15) is 0 Å². The summed E-state index contributed by atoms with van der Waals surface area (Å²) >= 11 is 5.00. The second-order valence-corrected chi connectivity index (χ2v) is 7.40. The van der Waals surface area contributed by atoms with E-state index in [1.54, 1.807) is 16.7 Å². The van der Waals surface area contributed by atoms with Crippen LogP contribution in [0.3, 0.4) is 0 Å². The molecule has 1 aromatic carbocycles. The lowest BCUT2D eigenvalue weighted by atomic mass is 10.2. The van der Waals surface area contributed by atoms with Crippen LogP contribution in [0.2, 0.25) is 0 Å². The van der Waals surface area contributed by atoms with Crippen LogP contribution in [-0.4, -0.2) is 22.7 Å². The first-order chi connectivity index (χ1) is 10.6. The maximum Gasteiger partial charge on any atom is 0.233 e. The van der Waals surface area contributed by atoms with Crippen molar-refractivity contribution in [1.82, 2.24) is 10.2 Å². The predicted octanol–water partition coefficient (Wildman–Crippen LogP) is 3.67. The van der Waals surface area contributed by atoms with Crippen LogP contribution in [0.1, 0.15) is 24.8 Å². The molecule has 0 unspecified atom stereocenters. The maximum atomic E-state index is 12.1. The van der Waals surface area contributed by atoms with Crippen molar-refractivity contribution in [2.45, 2.75) is 25.3 Å². The van der Waals surface area contributed by atoms with Gasteiger partial charge in [0.2, 0.25) is 5.91 Å². The van der Waals surface area contributed by atoms with Crippen molar-refractivity contribution in [3.63, 3.8) is 0 Å². The topological polar surface area (TPSA) is 56.2 Å². The highest BCUT2D eigenvalue weighted by Crippen LogP contribution is 2.39. The van der Waals surface area contributed by atoms with Crippen LogP contribution in [0.15, 0.2) is 44.7 Å². The number of carbonyl (C=O) groups excluding carboxylic acids is 1. The van der Waals surface area contributed by atoms with Gasteiger partial charge in [0.1, 0.15) is 5.84 Å². The minimum atomic E-state index is 0.0643. The molecule has 0 aromatic heterocycles. The molecule has 1 aliphatic carbocycles. The van der Waals surface area contributed by atoms with Crippen LogP contribution in [-0.2, 0) is 4.79 Å². The molecular weight excluding hydrogens is 362 g/mol. The molecule has 4 rings (SSSR count). The summed E-state index contributed by atoms with van der Waals surface area (Å²) in [6, 6.07) is 8.35. The molecule has 2 fully saturated rings. The third kappa shape index (κ3) is 2.40. The quantitative estimate of drug-likeness (QED) is 0.828. The summed E-state index contributed by atoms with van der Waals surface area (Å²) in [6.45, 7) is 0. The number of nitrogens with zero attached hydrogens (tertiary/aromatic N) is 1. The molecule has 1 saturated carbocycles. The fourth-order valence-electron chi connectivity index (χ4n) is 2.71. The van der Waals surface area contributed by atoms with Gasteiger partial charge in [0.25, 0.3) is 0 Å². The largest absolute Gasteiger partial charge is 0.349 e. The van der Waals surface area contributed by atoms with Crippen LogP contribution in [0.5, 0.6) is 0 Å². The number of benzene rings is 1. The number of nitrogens with one attached hydrogen (secondary N) is 2. The second kappa shape index (κ2) is 5.28. The van der Waals surface area contributed by atoms with Crippen molar-refractivity contribution in [2.75, 3.05) is 0 Å². The number of halogens is 1. The first-order valence-electron chi connectivity index (χ1n) is 7.17. The predicted molar refractivity (Wildman–Crippen MR) is 92.1 cm³/mol. The Morgan fingerprint density at radius 1 is 1.27 bits per heavy atom. The summed E-state index contributed by atoms with van der Waals surface area (Å²) in [5.41, 5.74) is 2.94. The van der Waals surface area contributed by atoms with Gasteiger partial charge in [0.05, 0.1) is 17.1 Å². The fraction of sp³-hybridized carbons (Fsp3) is 0.250. The Morgan fingerprint density at radius 2 is 2.00 bits per heavy atom. The first-order valence-corrected chi connectivity index (χ1v) is 8.84. The van der Waals surface area contributed by atoms with Gasteiger partial charge in [-0.3, -0.25) is 15.1 Å². The summed E-state index contributed by atoms with van der Waals surface area (Å²) in [6.07, 6.45) is 2.39. The van der Waals surface area contributed by atoms with Crippen LogP contribution in [0, 0.1) is 5.41 Å². The van der Waals surface area contributed by atoms with Crippen molar-refractivity contribution in [3.8, 4) is 0 Å². The van der Waals surface area contributed by atoms with Crippen molar-refractivity contribution in [1.29, 1.82) is 5.41 Å². The SMILES string of the molecule is N=C1C(=C2NC(c3ccc(Br)cc3)=CS2)CC(=O)N1C1CC1. The number of rotatable bonds is 2. The van der Waals surface area contributed by atoms with E-state index in [9.17, 15) is 4.79 Å². The highest BCUT2D eigenvalue weighted by atomic mass is 79.9. The average Bonchev–Trinajstić information content (AvgIpc) is 3.13. The lowest BCUT2D eigenvalue weighted by molar-refractivity contribution is -0.125. The third-order valence-corrected chi connectivity index (χ3v) is 5.47. The van der Waals surface area contributed by atoms with Crippen molar-refractivity contribution < 1.29 is 4.79 Å². The number of carbonyl (C=O) groups is 1. The van der Waals surface area contributed by atoms with Crippen LogP contribution < -0.4 is 5.32 Å². The Morgan fingerprint density at radius 3 is 2.68 bits per heavy atom. The normalized spacial score (nSPS) is 24.8. The Kier molecular flexibility index (Phi) is 3.38. The number of amidine groups is 1. The van der Waals surface area contributed by atoms with Crippen LogP contribution >= 0.6 is 27.7 Å². The average molecular weight is 376 g/mol. The van der Waals surface area contributed by atoms with Gasteiger partial charge < -0.3 is 5.32 Å². The first kappa shape index (κ1) is 14.1. The third-order valence-electron chi connectivity index (χ3n) is 4.01. The van der Waals surface area contributed by atoms with E-state index in [0.29, 0.717) is 12.3 Å². The smallest absolute Gasteiger partial charge is 0.233 e. The number of likely N-dealkylation sites (tertiary alicyclic amines) is 1. The summed E-state index contributed by atoms with van der Waals surface area (Å²) in [7, 11) is 0. The lowest BCUT2D eigenvalue weighted by Crippen LogP contribution is -2.31. The van der Waals surface area contributed by atoms with E-state index >= 15 is 0 Å². The van der Waals surface area contributed by atoms with E-state index < -0.39 is 0 Å². The minimum absolute atomic E-state index is 0.0643. The summed E-state index contributed by atoms with van der Waals surface area (Å²) in [5.74, 6) is 0.447. The zero-order chi connectivity index (χ0) is 15.3. The van der Waals surface area contributed by atoms with Gasteiger partial charge >= 0.3 is 0 Å². The van der Waals surface area contributed by atoms with E-state index in [0.717, 1.165) is 39.2 Å². The lowest BCUT2D eigenvalue weighted by Gasteiger charge is -2.14. The number of amides is 1. The molecule has 0 bridgehead atoms. The van der Waals surface area contributed by atoms with Gasteiger partial charge in [-0.05, 0) is 30.5 Å². The molecule has 2 heterocycles. The highest BCUT2D eigenvalue weighted by Gasteiger charge is 2.42. The number of thioether (sulfide) groups is 1. The summed E-state index contributed by atoms with van der Waals surface area (Å²) in [5, 5.41) is 14.6. The molecule has 4 nitrogen and oxygen atoms in total. The molecule has 112 valence electrons. The summed E-state index contributed by atoms with van der Waals surface area (Å²) < 4.78 is 1.05. The molecule has 1 saturated heterocycles. The molecular formula is C16H14BrN3OS. The van der Waals surface area contributed by atoms with Crippen molar-refractivity contribution in [3.05, 3.63) is 50.3 Å². The maximum absolute atomic E-state index is 12.1. The zero-order valence-corrected chi connectivity index (χ0v) is 14.1. The molecule has 3 aliphatic rings. The Bertz CT molecular complexity index is 734. The fourth-order valence-corrected chi connectivity index (χ4v) is 3.89. The van der Waals surface area contributed by atoms with Gasteiger partial charge in [-0.25, -0.2) is 0 Å². The summed E-state index contributed by atoms with van der Waals surface area (Å²) in [4.78, 5) is 13.8. The zero-order valence-electron chi connectivity index (χ0n) is 11.7. The molecule has 1 amide bonds. The molecule has 6 heteroatoms. The molecule has 2 aliphatic heterocycles. The van der Waals surface area contributed by atoms with Crippen molar-refractivity contribution >= 4 is 45.1 Å². The molecule has 1 aromatic rings. The van der Waals surface area contributed by atoms with Crippen LogP contribution in [0.4, 0.5) is 0 Å². The van der Waals surface area contributed by atoms with Crippen molar-refractivity contribution in [2.24, 2.45) is 0 Å². The van der Waals surface area contributed by atoms with Gasteiger partial charge in [0.15, 0.2) is 0 Å². The number of hydrogen-bond acceptors (Lipinski definition) is 4. The second-order valence-electron chi connectivity index (χ2n) is 5.61.